The van der Waals surface area contributed by atoms with Crippen molar-refractivity contribution >= 4 is 32.2 Å². The maximum atomic E-state index is 13.8. The highest BCUT2D eigenvalue weighted by atomic mass is 32.1. The van der Waals surface area contributed by atoms with Crippen LogP contribution in [0.4, 0.5) is 24.0 Å². The summed E-state index contributed by atoms with van der Waals surface area (Å²) in [4.78, 5) is 31.4. The molecule has 7 nitrogen and oxygen atoms in total. The summed E-state index contributed by atoms with van der Waals surface area (Å²) in [6, 6.07) is 1.72. The second-order valence-corrected chi connectivity index (χ2v) is 8.37. The monoisotopic (exact) mass is 430 g/mol. The molecule has 0 radical (unpaired) electrons. The van der Waals surface area contributed by atoms with Crippen molar-refractivity contribution in [1.29, 1.82) is 0 Å². The first-order valence-corrected chi connectivity index (χ1v) is 10.0. The van der Waals surface area contributed by atoms with Gasteiger partial charge in [-0.3, -0.25) is 19.8 Å². The van der Waals surface area contributed by atoms with Gasteiger partial charge >= 0.3 is 0 Å². The largest absolute Gasteiger partial charge is 0.345 e. The minimum Gasteiger partial charge on any atom is -0.345 e. The molecule has 158 valence electrons. The van der Waals surface area contributed by atoms with Gasteiger partial charge in [0.05, 0.1) is 10.3 Å². The third-order valence-corrected chi connectivity index (χ3v) is 5.88. The van der Waals surface area contributed by atoms with Crippen molar-refractivity contribution in [1.82, 2.24) is 9.88 Å². The molecule has 11 heteroatoms. The number of anilines is 1. The summed E-state index contributed by atoms with van der Waals surface area (Å²) >= 11 is 0.951. The number of fused-ring (bicyclic) bond motifs is 1. The highest BCUT2D eigenvalue weighted by Gasteiger charge is 2.28. The lowest BCUT2D eigenvalue weighted by Gasteiger charge is -2.35. The van der Waals surface area contributed by atoms with E-state index in [1.54, 1.807) is 0 Å². The van der Waals surface area contributed by atoms with Gasteiger partial charge in [0.1, 0.15) is 4.70 Å². The predicted molar refractivity (Wildman–Crippen MR) is 106 cm³/mol. The van der Waals surface area contributed by atoms with E-state index in [1.165, 1.54) is 0 Å². The molecular weight excluding hydrogens is 409 g/mol. The molecule has 0 aliphatic carbocycles. The molecule has 1 fully saturated rings. The van der Waals surface area contributed by atoms with E-state index >= 15 is 0 Å². The zero-order valence-corrected chi connectivity index (χ0v) is 16.8. The summed E-state index contributed by atoms with van der Waals surface area (Å²) in [5, 5.41) is 11.6. The Bertz CT molecular complexity index is 961. The average molecular weight is 430 g/mol. The minimum absolute atomic E-state index is 0.0137. The molecule has 0 bridgehead atoms. The Morgan fingerprint density at radius 3 is 2.41 bits per heavy atom. The molecule has 0 saturated carbocycles. The highest BCUT2D eigenvalue weighted by Crippen LogP contribution is 2.36. The first kappa shape index (κ1) is 21.4. The smallest absolute Gasteiger partial charge is 0.287 e. The molecule has 1 unspecified atom stereocenters. The van der Waals surface area contributed by atoms with Gasteiger partial charge < -0.3 is 4.90 Å². The molecule has 1 atom stereocenters. The molecule has 0 N–H and O–H groups in total. The van der Waals surface area contributed by atoms with Gasteiger partial charge in [-0.2, -0.15) is 4.98 Å². The van der Waals surface area contributed by atoms with Crippen LogP contribution in [0.1, 0.15) is 25.6 Å². The lowest BCUT2D eigenvalue weighted by molar-refractivity contribution is -0.383. The Hall–Kier alpha value is -2.27. The number of nitro benzene ring substituents is 1. The van der Waals surface area contributed by atoms with Crippen LogP contribution in [0.5, 0.6) is 0 Å². The Morgan fingerprint density at radius 1 is 1.21 bits per heavy atom. The number of nitro groups is 1. The molecule has 3 rings (SSSR count). The maximum absolute atomic E-state index is 13.8. The van der Waals surface area contributed by atoms with Crippen molar-refractivity contribution in [3.05, 3.63) is 38.2 Å². The molecule has 1 aliphatic rings. The number of hydrogen-bond donors (Lipinski definition) is 0. The first-order chi connectivity index (χ1) is 13.7. The molecule has 1 aromatic carbocycles. The van der Waals surface area contributed by atoms with E-state index < -0.39 is 34.3 Å². The van der Waals surface area contributed by atoms with Crippen LogP contribution in [-0.4, -0.2) is 54.0 Å². The molecule has 1 saturated heterocycles. The fourth-order valence-corrected chi connectivity index (χ4v) is 4.49. The van der Waals surface area contributed by atoms with E-state index in [-0.39, 0.29) is 10.1 Å². The second kappa shape index (κ2) is 8.62. The topological polar surface area (TPSA) is 79.6 Å². The van der Waals surface area contributed by atoms with Crippen LogP contribution in [0.25, 0.3) is 10.1 Å². The SMILES string of the molecule is CC(C)CN1CCN(c2nc(=O)c3cc(C(F)C(F)F)cc([N+](=O)[O-])c3s2)CC1. The van der Waals surface area contributed by atoms with Crippen LogP contribution in [0, 0.1) is 16.0 Å². The fourth-order valence-electron chi connectivity index (χ4n) is 3.38. The van der Waals surface area contributed by atoms with E-state index in [4.69, 9.17) is 0 Å². The number of non-ortho nitro benzene ring substituents is 1. The van der Waals surface area contributed by atoms with Crippen molar-refractivity contribution in [3.8, 4) is 0 Å². The Kier molecular flexibility index (Phi) is 6.37. The van der Waals surface area contributed by atoms with E-state index in [0.717, 1.165) is 43.1 Å². The molecule has 1 aromatic heterocycles. The molecule has 2 heterocycles. The average Bonchev–Trinajstić information content (AvgIpc) is 2.66. The molecule has 0 amide bonds. The summed E-state index contributed by atoms with van der Waals surface area (Å²) in [6.07, 6.45) is -6.06. The number of alkyl halides is 3. The number of halogens is 3. The predicted octanol–water partition coefficient (Wildman–Crippen LogP) is 3.62. The van der Waals surface area contributed by atoms with Gasteiger partial charge in [0.15, 0.2) is 11.3 Å². The van der Waals surface area contributed by atoms with Crippen LogP contribution >= 0.6 is 11.3 Å². The van der Waals surface area contributed by atoms with E-state index in [2.05, 4.69) is 23.7 Å². The normalized spacial score (nSPS) is 16.7. The zero-order chi connectivity index (χ0) is 21.3. The first-order valence-electron chi connectivity index (χ1n) is 9.20. The van der Waals surface area contributed by atoms with Gasteiger partial charge in [0, 0.05) is 38.8 Å². The van der Waals surface area contributed by atoms with Crippen molar-refractivity contribution in [3.63, 3.8) is 0 Å². The summed E-state index contributed by atoms with van der Waals surface area (Å²) in [6.45, 7) is 8.00. The minimum atomic E-state index is -3.35. The molecule has 0 spiro atoms. The van der Waals surface area contributed by atoms with Gasteiger partial charge in [-0.15, -0.1) is 0 Å². The molecule has 29 heavy (non-hydrogen) atoms. The van der Waals surface area contributed by atoms with Gasteiger partial charge in [-0.25, -0.2) is 13.2 Å². The maximum Gasteiger partial charge on any atom is 0.287 e. The number of nitrogens with zero attached hydrogens (tertiary/aromatic N) is 4. The van der Waals surface area contributed by atoms with E-state index in [0.29, 0.717) is 24.1 Å². The summed E-state index contributed by atoms with van der Waals surface area (Å²) < 4.78 is 39.2. The third-order valence-electron chi connectivity index (χ3n) is 4.72. The number of rotatable bonds is 6. The molecule has 2 aromatic rings. The van der Waals surface area contributed by atoms with E-state index in [9.17, 15) is 28.1 Å². The summed E-state index contributed by atoms with van der Waals surface area (Å²) in [5.41, 5.74) is -1.95. The Labute approximate surface area is 168 Å². The quantitative estimate of drug-likeness (QED) is 0.515. The van der Waals surface area contributed by atoms with Crippen molar-refractivity contribution in [2.75, 3.05) is 37.6 Å². The number of benzene rings is 1. The van der Waals surface area contributed by atoms with Gasteiger partial charge in [0.25, 0.3) is 17.7 Å². The van der Waals surface area contributed by atoms with Gasteiger partial charge in [0.2, 0.25) is 0 Å². The standard InChI is InChI=1S/C18H21F3N4O3S/c1-10(2)9-23-3-5-24(6-4-23)18-22-17(26)12-7-11(14(19)16(20)21)8-13(25(27)28)15(12)29-18/h7-8,10,14,16H,3-6,9H2,1-2H3. The molecular formula is C18H21F3N4O3S. The summed E-state index contributed by atoms with van der Waals surface area (Å²) in [7, 11) is 0. The van der Waals surface area contributed by atoms with Crippen LogP contribution in [0.15, 0.2) is 16.9 Å². The van der Waals surface area contributed by atoms with Crippen molar-refractivity contribution in [2.45, 2.75) is 26.4 Å². The number of hydrogen-bond acceptors (Lipinski definition) is 7. The fraction of sp³-hybridized carbons (Fsp3) is 0.556. The van der Waals surface area contributed by atoms with Crippen molar-refractivity contribution in [2.24, 2.45) is 5.92 Å². The number of piperazine rings is 1. The molecule has 1 aliphatic heterocycles. The van der Waals surface area contributed by atoms with Gasteiger partial charge in [-0.1, -0.05) is 25.2 Å². The van der Waals surface area contributed by atoms with Crippen LogP contribution in [0.3, 0.4) is 0 Å². The lowest BCUT2D eigenvalue weighted by atomic mass is 10.1. The van der Waals surface area contributed by atoms with Crippen LogP contribution in [0.2, 0.25) is 0 Å². The Balaban J connectivity index is 1.98. The second-order valence-electron chi connectivity index (χ2n) is 7.39. The zero-order valence-electron chi connectivity index (χ0n) is 16.0. The van der Waals surface area contributed by atoms with Gasteiger partial charge in [-0.05, 0) is 17.5 Å². The Morgan fingerprint density at radius 2 is 1.86 bits per heavy atom. The van der Waals surface area contributed by atoms with Crippen molar-refractivity contribution < 1.29 is 18.1 Å². The van der Waals surface area contributed by atoms with E-state index in [1.807, 2.05) is 4.90 Å². The highest BCUT2D eigenvalue weighted by molar-refractivity contribution is 7.22. The lowest BCUT2D eigenvalue weighted by Crippen LogP contribution is -2.47. The summed E-state index contributed by atoms with van der Waals surface area (Å²) in [5.74, 6) is 0.529. The third kappa shape index (κ3) is 4.67. The van der Waals surface area contributed by atoms with Crippen LogP contribution in [-0.2, 0) is 0 Å². The number of aromatic nitrogens is 1. The van der Waals surface area contributed by atoms with Crippen LogP contribution < -0.4 is 10.5 Å².